The molecule has 0 unspecified atom stereocenters. The van der Waals surface area contributed by atoms with Crippen LogP contribution in [-0.4, -0.2) is 60.8 Å². The third-order valence-corrected chi connectivity index (χ3v) is 4.73. The Kier molecular flexibility index (Phi) is 4.04. The molecular formula is C17H18N8O3. The van der Waals surface area contributed by atoms with Crippen molar-refractivity contribution in [3.8, 4) is 11.5 Å². The summed E-state index contributed by atoms with van der Waals surface area (Å²) in [5.41, 5.74) is 1.74. The summed E-state index contributed by atoms with van der Waals surface area (Å²) in [4.78, 5) is 15.6. The summed E-state index contributed by atoms with van der Waals surface area (Å²) in [7, 11) is 0. The van der Waals surface area contributed by atoms with Crippen LogP contribution in [0.5, 0.6) is 11.5 Å². The quantitative estimate of drug-likeness (QED) is 0.680. The highest BCUT2D eigenvalue weighted by atomic mass is 16.7. The number of aromatic nitrogens is 6. The Morgan fingerprint density at radius 2 is 2.00 bits per heavy atom. The molecule has 5 rings (SSSR count). The van der Waals surface area contributed by atoms with E-state index in [9.17, 15) is 4.79 Å². The molecule has 1 fully saturated rings. The molecule has 0 saturated carbocycles. The summed E-state index contributed by atoms with van der Waals surface area (Å²) in [5, 5.41) is 19.3. The number of nitrogens with zero attached hydrogens (tertiary/aromatic N) is 7. The smallest absolute Gasteiger partial charge is 0.317 e. The maximum absolute atomic E-state index is 12.3. The first kappa shape index (κ1) is 16.5. The first-order valence-corrected chi connectivity index (χ1v) is 8.91. The number of urea groups is 1. The fraction of sp³-hybridized carbons (Fsp3) is 0.353. The van der Waals surface area contributed by atoms with Gasteiger partial charge in [0.2, 0.25) is 6.79 Å². The minimum Gasteiger partial charge on any atom is -0.454 e. The van der Waals surface area contributed by atoms with Crippen molar-refractivity contribution in [1.82, 2.24) is 40.2 Å². The molecule has 0 spiro atoms. The average molecular weight is 382 g/mol. The first-order valence-electron chi connectivity index (χ1n) is 8.91. The Labute approximate surface area is 159 Å². The normalized spacial score (nSPS) is 15.5. The summed E-state index contributed by atoms with van der Waals surface area (Å²) < 4.78 is 12.4. The van der Waals surface area contributed by atoms with E-state index < -0.39 is 0 Å². The van der Waals surface area contributed by atoms with Crippen molar-refractivity contribution in [2.45, 2.75) is 19.1 Å². The molecule has 1 aromatic carbocycles. The monoisotopic (exact) mass is 382 g/mol. The van der Waals surface area contributed by atoms with E-state index in [2.05, 4.69) is 25.8 Å². The standard InChI is InChI=1S/C17H18N8O3/c26-17(18-6-12-1-2-15-16(5-12)28-11-27-15)23-9-14(10-23)24-7-13(21-22-24)8-25-19-3-4-20-25/h1-5,7,14H,6,8-11H2,(H,18,26). The average Bonchev–Trinajstić information content (AvgIpc) is 3.41. The number of likely N-dealkylation sites (tertiary alicyclic amines) is 1. The van der Waals surface area contributed by atoms with Crippen molar-refractivity contribution >= 4 is 6.03 Å². The van der Waals surface area contributed by atoms with Crippen molar-refractivity contribution in [2.75, 3.05) is 19.9 Å². The molecule has 2 aliphatic heterocycles. The molecule has 11 nitrogen and oxygen atoms in total. The Morgan fingerprint density at radius 1 is 1.18 bits per heavy atom. The van der Waals surface area contributed by atoms with Gasteiger partial charge in [-0.25, -0.2) is 9.48 Å². The maximum atomic E-state index is 12.3. The number of carbonyl (C=O) groups is 1. The summed E-state index contributed by atoms with van der Waals surface area (Å²) in [6.07, 6.45) is 5.11. The molecule has 0 aliphatic carbocycles. The molecule has 2 amide bonds. The minimum absolute atomic E-state index is 0.102. The van der Waals surface area contributed by atoms with Gasteiger partial charge in [0.1, 0.15) is 12.2 Å². The van der Waals surface area contributed by atoms with Crippen LogP contribution in [-0.2, 0) is 13.1 Å². The fourth-order valence-corrected chi connectivity index (χ4v) is 3.16. The number of hydrogen-bond acceptors (Lipinski definition) is 7. The predicted octanol–water partition coefficient (Wildman–Crippen LogP) is 0.413. The van der Waals surface area contributed by atoms with Crippen LogP contribution >= 0.6 is 0 Å². The van der Waals surface area contributed by atoms with Gasteiger partial charge in [0.25, 0.3) is 0 Å². The second-order valence-electron chi connectivity index (χ2n) is 6.65. The van der Waals surface area contributed by atoms with E-state index >= 15 is 0 Å². The van der Waals surface area contributed by atoms with Gasteiger partial charge in [0.05, 0.1) is 24.6 Å². The Balaban J connectivity index is 1.11. The number of hydrogen-bond donors (Lipinski definition) is 1. The lowest BCUT2D eigenvalue weighted by Gasteiger charge is -2.38. The van der Waals surface area contributed by atoms with E-state index in [1.54, 1.807) is 26.8 Å². The highest BCUT2D eigenvalue weighted by molar-refractivity contribution is 5.75. The largest absolute Gasteiger partial charge is 0.454 e. The van der Waals surface area contributed by atoms with Crippen molar-refractivity contribution in [3.05, 3.63) is 48.0 Å². The molecule has 0 radical (unpaired) electrons. The van der Waals surface area contributed by atoms with Gasteiger partial charge < -0.3 is 19.7 Å². The summed E-state index contributed by atoms with van der Waals surface area (Å²) >= 11 is 0. The molecule has 3 aromatic rings. The Morgan fingerprint density at radius 3 is 2.86 bits per heavy atom. The van der Waals surface area contributed by atoms with Crippen LogP contribution in [0.15, 0.2) is 36.8 Å². The second-order valence-corrected chi connectivity index (χ2v) is 6.65. The molecule has 2 aliphatic rings. The van der Waals surface area contributed by atoms with E-state index in [1.807, 2.05) is 24.4 Å². The van der Waals surface area contributed by atoms with Crippen LogP contribution < -0.4 is 14.8 Å². The summed E-state index contributed by atoms with van der Waals surface area (Å²) in [5.74, 6) is 1.44. The van der Waals surface area contributed by atoms with Gasteiger partial charge in [0.15, 0.2) is 11.5 Å². The van der Waals surface area contributed by atoms with Crippen LogP contribution in [0.2, 0.25) is 0 Å². The van der Waals surface area contributed by atoms with Gasteiger partial charge in [0, 0.05) is 19.6 Å². The Hall–Kier alpha value is -3.63. The van der Waals surface area contributed by atoms with Crippen molar-refractivity contribution in [2.24, 2.45) is 0 Å². The number of carbonyl (C=O) groups excluding carboxylic acids is 1. The molecule has 144 valence electrons. The van der Waals surface area contributed by atoms with Crippen LogP contribution in [0.1, 0.15) is 17.3 Å². The van der Waals surface area contributed by atoms with Gasteiger partial charge in [-0.15, -0.1) is 5.10 Å². The molecule has 28 heavy (non-hydrogen) atoms. The molecule has 0 atom stereocenters. The zero-order valence-corrected chi connectivity index (χ0v) is 14.9. The molecule has 11 heteroatoms. The van der Waals surface area contributed by atoms with Crippen molar-refractivity contribution in [1.29, 1.82) is 0 Å². The van der Waals surface area contributed by atoms with E-state index in [1.165, 1.54) is 0 Å². The van der Waals surface area contributed by atoms with Crippen LogP contribution in [0, 0.1) is 0 Å². The zero-order valence-electron chi connectivity index (χ0n) is 14.9. The third-order valence-electron chi connectivity index (χ3n) is 4.73. The fourth-order valence-electron chi connectivity index (χ4n) is 3.16. The maximum Gasteiger partial charge on any atom is 0.317 e. The van der Waals surface area contributed by atoms with Gasteiger partial charge in [-0.2, -0.15) is 15.0 Å². The highest BCUT2D eigenvalue weighted by Crippen LogP contribution is 2.32. The SMILES string of the molecule is O=C(NCc1ccc2c(c1)OCO2)N1CC(n2cc(Cn3nccn3)nn2)C1. The number of ether oxygens (including phenoxy) is 2. The number of fused-ring (bicyclic) bond motifs is 1. The van der Waals surface area contributed by atoms with E-state index in [4.69, 9.17) is 9.47 Å². The molecular weight excluding hydrogens is 364 g/mol. The molecule has 0 bridgehead atoms. The van der Waals surface area contributed by atoms with Crippen LogP contribution in [0.4, 0.5) is 4.79 Å². The summed E-state index contributed by atoms with van der Waals surface area (Å²) in [6, 6.07) is 5.67. The highest BCUT2D eigenvalue weighted by Gasteiger charge is 2.32. The third kappa shape index (κ3) is 3.21. The summed E-state index contributed by atoms with van der Waals surface area (Å²) in [6.45, 7) is 2.33. The van der Waals surface area contributed by atoms with Crippen LogP contribution in [0.3, 0.4) is 0 Å². The van der Waals surface area contributed by atoms with Gasteiger partial charge in [-0.1, -0.05) is 11.3 Å². The minimum atomic E-state index is -0.102. The van der Waals surface area contributed by atoms with Crippen molar-refractivity contribution in [3.63, 3.8) is 0 Å². The molecule has 2 aromatic heterocycles. The van der Waals surface area contributed by atoms with Gasteiger partial charge >= 0.3 is 6.03 Å². The van der Waals surface area contributed by atoms with Gasteiger partial charge in [-0.3, -0.25) is 0 Å². The number of nitrogens with one attached hydrogen (secondary N) is 1. The predicted molar refractivity (Wildman–Crippen MR) is 94.6 cm³/mol. The molecule has 4 heterocycles. The zero-order chi connectivity index (χ0) is 18.9. The number of amides is 2. The lowest BCUT2D eigenvalue weighted by atomic mass is 10.1. The topological polar surface area (TPSA) is 112 Å². The number of benzene rings is 1. The van der Waals surface area contributed by atoms with E-state index in [0.717, 1.165) is 17.0 Å². The number of rotatable bonds is 5. The lowest BCUT2D eigenvalue weighted by molar-refractivity contribution is 0.117. The van der Waals surface area contributed by atoms with E-state index in [-0.39, 0.29) is 18.9 Å². The second kappa shape index (κ2) is 6.83. The lowest BCUT2D eigenvalue weighted by Crippen LogP contribution is -2.54. The van der Waals surface area contributed by atoms with Gasteiger partial charge in [-0.05, 0) is 17.7 Å². The molecule has 1 N–H and O–H groups in total. The molecule has 1 saturated heterocycles. The van der Waals surface area contributed by atoms with E-state index in [0.29, 0.717) is 31.9 Å². The van der Waals surface area contributed by atoms with Crippen LogP contribution in [0.25, 0.3) is 0 Å². The Bertz CT molecular complexity index is 980. The van der Waals surface area contributed by atoms with Crippen molar-refractivity contribution < 1.29 is 14.3 Å². The first-order chi connectivity index (χ1) is 13.7.